The SMILES string of the molecule is CC(C)(C)C(=O)Oc1c[nH]c2c(F)cc(I)cc12. The van der Waals surface area contributed by atoms with Crippen LogP contribution in [0.2, 0.25) is 0 Å². The standard InChI is InChI=1S/C13H13FINO2/c1-13(2,3)12(17)18-10-6-16-11-8(10)4-7(15)5-9(11)14/h4-6,16H,1-3H3. The van der Waals surface area contributed by atoms with Crippen molar-refractivity contribution < 1.29 is 13.9 Å². The zero-order valence-corrected chi connectivity index (χ0v) is 12.5. The minimum atomic E-state index is -0.593. The summed E-state index contributed by atoms with van der Waals surface area (Å²) in [5, 5.41) is 0.581. The van der Waals surface area contributed by atoms with Gasteiger partial charge in [-0.25, -0.2) is 4.39 Å². The van der Waals surface area contributed by atoms with Gasteiger partial charge in [-0.3, -0.25) is 4.79 Å². The molecule has 2 rings (SSSR count). The number of esters is 1. The number of carbonyl (C=O) groups excluding carboxylic acids is 1. The second kappa shape index (κ2) is 4.53. The summed E-state index contributed by atoms with van der Waals surface area (Å²) in [6.07, 6.45) is 1.51. The smallest absolute Gasteiger partial charge is 0.316 e. The second-order valence-corrected chi connectivity index (χ2v) is 6.35. The molecule has 0 amide bonds. The van der Waals surface area contributed by atoms with Gasteiger partial charge in [0, 0.05) is 15.2 Å². The number of ether oxygens (including phenoxy) is 1. The van der Waals surface area contributed by atoms with E-state index in [4.69, 9.17) is 4.74 Å². The second-order valence-electron chi connectivity index (χ2n) is 5.10. The summed E-state index contributed by atoms with van der Waals surface area (Å²) < 4.78 is 19.7. The number of aromatic amines is 1. The van der Waals surface area contributed by atoms with Crippen LogP contribution in [0.25, 0.3) is 10.9 Å². The molecule has 5 heteroatoms. The first-order chi connectivity index (χ1) is 8.29. The first kappa shape index (κ1) is 13.3. The Kier molecular flexibility index (Phi) is 3.35. The van der Waals surface area contributed by atoms with E-state index in [1.54, 1.807) is 26.8 Å². The van der Waals surface area contributed by atoms with Gasteiger partial charge in [0.1, 0.15) is 5.82 Å². The van der Waals surface area contributed by atoms with Crippen LogP contribution in [-0.4, -0.2) is 11.0 Å². The lowest BCUT2D eigenvalue weighted by Gasteiger charge is -2.15. The van der Waals surface area contributed by atoms with Crippen molar-refractivity contribution >= 4 is 39.5 Å². The minimum absolute atomic E-state index is 0.345. The molecule has 1 N–H and O–H groups in total. The van der Waals surface area contributed by atoms with Crippen LogP contribution in [0.1, 0.15) is 20.8 Å². The summed E-state index contributed by atoms with van der Waals surface area (Å²) in [7, 11) is 0. The molecule has 3 nitrogen and oxygen atoms in total. The van der Waals surface area contributed by atoms with Gasteiger partial charge in [-0.1, -0.05) is 0 Å². The van der Waals surface area contributed by atoms with E-state index in [-0.39, 0.29) is 11.8 Å². The van der Waals surface area contributed by atoms with E-state index >= 15 is 0 Å². The van der Waals surface area contributed by atoms with Crippen LogP contribution >= 0.6 is 22.6 Å². The van der Waals surface area contributed by atoms with Crippen molar-refractivity contribution in [3.8, 4) is 5.75 Å². The van der Waals surface area contributed by atoms with Crippen LogP contribution in [0.4, 0.5) is 4.39 Å². The molecule has 1 aromatic heterocycles. The van der Waals surface area contributed by atoms with Crippen molar-refractivity contribution in [3.63, 3.8) is 0 Å². The predicted molar refractivity (Wildman–Crippen MR) is 76.1 cm³/mol. The Bertz CT molecular complexity index is 613. The summed E-state index contributed by atoms with van der Waals surface area (Å²) in [6, 6.07) is 3.20. The van der Waals surface area contributed by atoms with Crippen molar-refractivity contribution in [3.05, 3.63) is 27.7 Å². The highest BCUT2D eigenvalue weighted by molar-refractivity contribution is 14.1. The average molecular weight is 361 g/mol. The van der Waals surface area contributed by atoms with Gasteiger partial charge in [-0.05, 0) is 55.5 Å². The van der Waals surface area contributed by atoms with E-state index in [0.717, 1.165) is 3.57 Å². The van der Waals surface area contributed by atoms with Gasteiger partial charge in [0.05, 0.1) is 10.9 Å². The summed E-state index contributed by atoms with van der Waals surface area (Å²) in [5.74, 6) is -0.333. The van der Waals surface area contributed by atoms with Crippen LogP contribution in [0, 0.1) is 14.8 Å². The molecule has 0 saturated heterocycles. The number of benzene rings is 1. The van der Waals surface area contributed by atoms with E-state index < -0.39 is 5.41 Å². The maximum atomic E-state index is 13.7. The molecule has 0 atom stereocenters. The molecule has 18 heavy (non-hydrogen) atoms. The summed E-state index contributed by atoms with van der Waals surface area (Å²) >= 11 is 2.02. The van der Waals surface area contributed by atoms with Gasteiger partial charge >= 0.3 is 5.97 Å². The Labute approximate surface area is 118 Å². The topological polar surface area (TPSA) is 42.1 Å². The van der Waals surface area contributed by atoms with E-state index in [0.29, 0.717) is 16.7 Å². The number of rotatable bonds is 1. The number of carbonyl (C=O) groups is 1. The molecular weight excluding hydrogens is 348 g/mol. The molecule has 0 fully saturated rings. The van der Waals surface area contributed by atoms with Crippen LogP contribution in [0.15, 0.2) is 18.3 Å². The molecular formula is C13H13FINO2. The molecule has 0 aliphatic heterocycles. The van der Waals surface area contributed by atoms with Crippen LogP contribution < -0.4 is 4.74 Å². The number of nitrogens with one attached hydrogen (secondary N) is 1. The highest BCUT2D eigenvalue weighted by Gasteiger charge is 2.25. The van der Waals surface area contributed by atoms with Gasteiger partial charge in [0.2, 0.25) is 0 Å². The number of hydrogen-bond acceptors (Lipinski definition) is 2. The van der Waals surface area contributed by atoms with Gasteiger partial charge in [-0.15, -0.1) is 0 Å². The number of fused-ring (bicyclic) bond motifs is 1. The fourth-order valence-electron chi connectivity index (χ4n) is 1.47. The number of hydrogen-bond donors (Lipinski definition) is 1. The molecule has 96 valence electrons. The van der Waals surface area contributed by atoms with E-state index in [2.05, 4.69) is 4.98 Å². The lowest BCUT2D eigenvalue weighted by molar-refractivity contribution is -0.142. The van der Waals surface area contributed by atoms with Gasteiger partial charge in [-0.2, -0.15) is 0 Å². The fourth-order valence-corrected chi connectivity index (χ4v) is 2.05. The molecule has 0 unspecified atom stereocenters. The van der Waals surface area contributed by atoms with Gasteiger partial charge in [0.15, 0.2) is 5.75 Å². The number of halogens is 2. The fraction of sp³-hybridized carbons (Fsp3) is 0.308. The molecule has 1 heterocycles. The maximum Gasteiger partial charge on any atom is 0.316 e. The third-order valence-electron chi connectivity index (χ3n) is 2.48. The third-order valence-corrected chi connectivity index (χ3v) is 3.11. The minimum Gasteiger partial charge on any atom is -0.424 e. The molecule has 2 aromatic rings. The summed E-state index contributed by atoms with van der Waals surface area (Å²) in [5.41, 5.74) is -0.239. The summed E-state index contributed by atoms with van der Waals surface area (Å²) in [6.45, 7) is 5.32. The largest absolute Gasteiger partial charge is 0.424 e. The number of H-pyrrole nitrogens is 1. The Hall–Kier alpha value is -1.11. The zero-order chi connectivity index (χ0) is 13.5. The van der Waals surface area contributed by atoms with Crippen molar-refractivity contribution in [1.29, 1.82) is 0 Å². The number of aromatic nitrogens is 1. The first-order valence-electron chi connectivity index (χ1n) is 5.47. The van der Waals surface area contributed by atoms with Crippen molar-refractivity contribution in [2.75, 3.05) is 0 Å². The Balaban J connectivity index is 2.44. The normalized spacial score (nSPS) is 11.8. The van der Waals surface area contributed by atoms with Crippen LogP contribution in [0.5, 0.6) is 5.75 Å². The molecule has 1 aromatic carbocycles. The molecule has 0 spiro atoms. The average Bonchev–Trinajstić information content (AvgIpc) is 2.60. The monoisotopic (exact) mass is 361 g/mol. The Morgan fingerprint density at radius 3 is 2.67 bits per heavy atom. The van der Waals surface area contributed by atoms with Gasteiger partial charge in [0.25, 0.3) is 0 Å². The van der Waals surface area contributed by atoms with Gasteiger partial charge < -0.3 is 9.72 Å². The van der Waals surface area contributed by atoms with Crippen molar-refractivity contribution in [2.45, 2.75) is 20.8 Å². The molecule has 0 aliphatic rings. The zero-order valence-electron chi connectivity index (χ0n) is 10.3. The quantitative estimate of drug-likeness (QED) is 0.619. The maximum absolute atomic E-state index is 13.7. The third kappa shape index (κ3) is 2.50. The van der Waals surface area contributed by atoms with Crippen LogP contribution in [-0.2, 0) is 4.79 Å². The predicted octanol–water partition coefficient (Wildman–Crippen LogP) is 3.86. The van der Waals surface area contributed by atoms with E-state index in [9.17, 15) is 9.18 Å². The van der Waals surface area contributed by atoms with Crippen molar-refractivity contribution in [1.82, 2.24) is 4.98 Å². The van der Waals surface area contributed by atoms with Crippen molar-refractivity contribution in [2.24, 2.45) is 5.41 Å². The Morgan fingerprint density at radius 1 is 1.39 bits per heavy atom. The summed E-state index contributed by atoms with van der Waals surface area (Å²) in [4.78, 5) is 14.6. The highest BCUT2D eigenvalue weighted by Crippen LogP contribution is 2.30. The lowest BCUT2D eigenvalue weighted by atomic mass is 9.97. The van der Waals surface area contributed by atoms with Crippen LogP contribution in [0.3, 0.4) is 0 Å². The molecule has 0 bridgehead atoms. The highest BCUT2D eigenvalue weighted by atomic mass is 127. The first-order valence-corrected chi connectivity index (χ1v) is 6.55. The molecule has 0 aliphatic carbocycles. The molecule has 0 radical (unpaired) electrons. The Morgan fingerprint density at radius 2 is 2.06 bits per heavy atom. The lowest BCUT2D eigenvalue weighted by Crippen LogP contribution is -2.25. The van der Waals surface area contributed by atoms with E-state index in [1.807, 2.05) is 22.6 Å². The van der Waals surface area contributed by atoms with E-state index in [1.165, 1.54) is 12.3 Å². The molecule has 0 saturated carbocycles.